The van der Waals surface area contributed by atoms with Crippen LogP contribution in [0.15, 0.2) is 0 Å². The van der Waals surface area contributed by atoms with E-state index in [1.807, 2.05) is 0 Å². The molecule has 4 bridgehead atoms. The van der Waals surface area contributed by atoms with Crippen LogP contribution in [0.4, 0.5) is 0 Å². The van der Waals surface area contributed by atoms with E-state index in [-0.39, 0.29) is 18.5 Å². The van der Waals surface area contributed by atoms with Crippen molar-refractivity contribution in [3.8, 4) is 0 Å². The third-order valence-electron chi connectivity index (χ3n) is 5.84. The van der Waals surface area contributed by atoms with E-state index < -0.39 is 11.0 Å². The number of amides is 1. The van der Waals surface area contributed by atoms with Gasteiger partial charge in [0.25, 0.3) is 5.91 Å². The molecule has 23 heavy (non-hydrogen) atoms. The Morgan fingerprint density at radius 1 is 1.22 bits per heavy atom. The number of hydrogen-bond donors (Lipinski definition) is 2. The second kappa shape index (κ2) is 6.08. The minimum absolute atomic E-state index is 0.202. The lowest BCUT2D eigenvalue weighted by molar-refractivity contribution is -0.196. The molecule has 0 aromatic carbocycles. The lowest BCUT2D eigenvalue weighted by atomic mass is 9.48. The van der Waals surface area contributed by atoms with E-state index in [0.717, 1.165) is 38.5 Å². The highest BCUT2D eigenvalue weighted by Gasteiger charge is 2.60. The Bertz CT molecular complexity index is 473. The molecule has 0 spiro atoms. The molecule has 4 rings (SSSR count). The van der Waals surface area contributed by atoms with E-state index >= 15 is 0 Å². The predicted octanol–water partition coefficient (Wildman–Crippen LogP) is 2.02. The number of aliphatic hydroxyl groups is 1. The predicted molar refractivity (Wildman–Crippen MR) is 85.5 cm³/mol. The van der Waals surface area contributed by atoms with Gasteiger partial charge in [0.05, 0.1) is 11.0 Å². The molecular weight excluding hydrogens is 294 g/mol. The Hall–Kier alpha value is -1.10. The molecular formula is C18H29NO4. The fourth-order valence-corrected chi connectivity index (χ4v) is 5.29. The Morgan fingerprint density at radius 3 is 2.43 bits per heavy atom. The normalized spacial score (nSPS) is 37.9. The van der Waals surface area contributed by atoms with E-state index in [0.29, 0.717) is 30.7 Å². The zero-order valence-electron chi connectivity index (χ0n) is 14.3. The summed E-state index contributed by atoms with van der Waals surface area (Å²) in [6, 6.07) is 0. The van der Waals surface area contributed by atoms with Crippen molar-refractivity contribution in [2.24, 2.45) is 23.2 Å². The molecule has 4 aliphatic carbocycles. The topological polar surface area (TPSA) is 75.6 Å². The number of nitrogens with one attached hydrogen (secondary N) is 1. The highest BCUT2D eigenvalue weighted by molar-refractivity contribution is 5.83. The smallest absolute Gasteiger partial charge is 0.312 e. The van der Waals surface area contributed by atoms with Gasteiger partial charge < -0.3 is 15.2 Å². The second-order valence-electron chi connectivity index (χ2n) is 8.57. The Kier molecular flexibility index (Phi) is 4.43. The molecule has 0 aromatic heterocycles. The standard InChI is InChI=1S/C18H29NO4/c1-12(2)3-4-19-15(20)10-23-16(21)17-6-13-5-14(7-17)9-18(22,8-13)11-17/h12-14,22H,3-11H2,1-2H3,(H,19,20)/t13-,14-,17?,18?/m0/s1. The molecule has 0 radical (unpaired) electrons. The summed E-state index contributed by atoms with van der Waals surface area (Å²) in [5.74, 6) is 0.902. The summed E-state index contributed by atoms with van der Waals surface area (Å²) < 4.78 is 5.33. The number of esters is 1. The van der Waals surface area contributed by atoms with Crippen LogP contribution in [0.2, 0.25) is 0 Å². The highest BCUT2D eigenvalue weighted by Crippen LogP contribution is 2.61. The maximum atomic E-state index is 12.6. The molecule has 1 amide bonds. The van der Waals surface area contributed by atoms with Crippen molar-refractivity contribution < 1.29 is 19.4 Å². The number of carbonyl (C=O) groups excluding carboxylic acids is 2. The molecule has 0 heterocycles. The van der Waals surface area contributed by atoms with Crippen LogP contribution in [-0.2, 0) is 14.3 Å². The summed E-state index contributed by atoms with van der Waals surface area (Å²) in [7, 11) is 0. The van der Waals surface area contributed by atoms with E-state index in [1.165, 1.54) is 0 Å². The summed E-state index contributed by atoms with van der Waals surface area (Å²) >= 11 is 0. The quantitative estimate of drug-likeness (QED) is 0.733. The monoisotopic (exact) mass is 323 g/mol. The van der Waals surface area contributed by atoms with Gasteiger partial charge in [0, 0.05) is 6.54 Å². The molecule has 0 unspecified atom stereocenters. The van der Waals surface area contributed by atoms with Crippen molar-refractivity contribution in [2.75, 3.05) is 13.2 Å². The van der Waals surface area contributed by atoms with Gasteiger partial charge in [0.15, 0.2) is 6.61 Å². The summed E-state index contributed by atoms with van der Waals surface area (Å²) in [4.78, 5) is 24.4. The summed E-state index contributed by atoms with van der Waals surface area (Å²) in [6.07, 6.45) is 5.86. The average Bonchev–Trinajstić information content (AvgIpc) is 2.41. The maximum absolute atomic E-state index is 12.6. The number of ether oxygens (including phenoxy) is 1. The van der Waals surface area contributed by atoms with Gasteiger partial charge in [-0.2, -0.15) is 0 Å². The Labute approximate surface area is 138 Å². The van der Waals surface area contributed by atoms with Gasteiger partial charge in [0.1, 0.15) is 0 Å². The first-order valence-electron chi connectivity index (χ1n) is 8.97. The lowest BCUT2D eigenvalue weighted by Gasteiger charge is -2.58. The first-order chi connectivity index (χ1) is 10.8. The van der Waals surface area contributed by atoms with Gasteiger partial charge >= 0.3 is 5.97 Å². The van der Waals surface area contributed by atoms with E-state index in [1.54, 1.807) is 0 Å². The third kappa shape index (κ3) is 3.54. The van der Waals surface area contributed by atoms with Crippen molar-refractivity contribution in [1.82, 2.24) is 5.32 Å². The fraction of sp³-hybridized carbons (Fsp3) is 0.889. The molecule has 4 aliphatic rings. The minimum Gasteiger partial charge on any atom is -0.455 e. The molecule has 5 nitrogen and oxygen atoms in total. The van der Waals surface area contributed by atoms with E-state index in [9.17, 15) is 14.7 Å². The van der Waals surface area contributed by atoms with Crippen LogP contribution >= 0.6 is 0 Å². The van der Waals surface area contributed by atoms with Crippen LogP contribution in [-0.4, -0.2) is 35.7 Å². The highest BCUT2D eigenvalue weighted by atomic mass is 16.5. The minimum atomic E-state index is -0.678. The summed E-state index contributed by atoms with van der Waals surface area (Å²) in [5.41, 5.74) is -1.22. The van der Waals surface area contributed by atoms with Gasteiger partial charge in [-0.1, -0.05) is 13.8 Å². The van der Waals surface area contributed by atoms with Crippen LogP contribution in [0.3, 0.4) is 0 Å². The van der Waals surface area contributed by atoms with Gasteiger partial charge in [-0.05, 0) is 62.7 Å². The molecule has 4 fully saturated rings. The van der Waals surface area contributed by atoms with Crippen LogP contribution in [0, 0.1) is 23.2 Å². The maximum Gasteiger partial charge on any atom is 0.312 e. The van der Waals surface area contributed by atoms with Crippen LogP contribution < -0.4 is 5.32 Å². The second-order valence-corrected chi connectivity index (χ2v) is 8.57. The lowest BCUT2D eigenvalue weighted by Crippen LogP contribution is -2.58. The summed E-state index contributed by atoms with van der Waals surface area (Å²) in [5, 5.41) is 13.5. The molecule has 0 saturated heterocycles. The zero-order chi connectivity index (χ0) is 16.7. The molecule has 2 N–H and O–H groups in total. The first-order valence-corrected chi connectivity index (χ1v) is 8.97. The van der Waals surface area contributed by atoms with Crippen LogP contribution in [0.1, 0.15) is 58.8 Å². The van der Waals surface area contributed by atoms with Crippen LogP contribution in [0.25, 0.3) is 0 Å². The molecule has 4 saturated carbocycles. The number of hydrogen-bond acceptors (Lipinski definition) is 4. The van der Waals surface area contributed by atoms with E-state index in [4.69, 9.17) is 4.74 Å². The third-order valence-corrected chi connectivity index (χ3v) is 5.84. The van der Waals surface area contributed by atoms with Crippen molar-refractivity contribution in [3.05, 3.63) is 0 Å². The van der Waals surface area contributed by atoms with Gasteiger partial charge in [-0.25, -0.2) is 0 Å². The first kappa shape index (κ1) is 16.7. The number of rotatable bonds is 6. The van der Waals surface area contributed by atoms with Crippen molar-refractivity contribution in [3.63, 3.8) is 0 Å². The van der Waals surface area contributed by atoms with Crippen molar-refractivity contribution >= 4 is 11.9 Å². The Morgan fingerprint density at radius 2 is 1.87 bits per heavy atom. The Balaban J connectivity index is 1.51. The average molecular weight is 323 g/mol. The van der Waals surface area contributed by atoms with Gasteiger partial charge in [-0.3, -0.25) is 9.59 Å². The van der Waals surface area contributed by atoms with Gasteiger partial charge in [-0.15, -0.1) is 0 Å². The van der Waals surface area contributed by atoms with Gasteiger partial charge in [0.2, 0.25) is 0 Å². The van der Waals surface area contributed by atoms with Crippen molar-refractivity contribution in [1.29, 1.82) is 0 Å². The summed E-state index contributed by atoms with van der Waals surface area (Å²) in [6.45, 7) is 4.61. The van der Waals surface area contributed by atoms with E-state index in [2.05, 4.69) is 19.2 Å². The molecule has 5 heteroatoms. The molecule has 130 valence electrons. The number of carbonyl (C=O) groups is 2. The SMILES string of the molecule is CC(C)CCNC(=O)COC(=O)C12C[C@@H]3C[C@H](CC(O)(C3)C1)C2. The zero-order valence-corrected chi connectivity index (χ0v) is 14.3. The largest absolute Gasteiger partial charge is 0.455 e. The molecule has 0 aliphatic heterocycles. The fourth-order valence-electron chi connectivity index (χ4n) is 5.29. The van der Waals surface area contributed by atoms with Crippen LogP contribution in [0.5, 0.6) is 0 Å². The van der Waals surface area contributed by atoms with Crippen molar-refractivity contribution in [2.45, 2.75) is 64.4 Å². The molecule has 2 atom stereocenters. The molecule has 0 aromatic rings.